The van der Waals surface area contributed by atoms with Gasteiger partial charge in [-0.05, 0) is 44.4 Å². The van der Waals surface area contributed by atoms with E-state index < -0.39 is 0 Å². The lowest BCUT2D eigenvalue weighted by atomic mass is 10.1. The fourth-order valence-corrected chi connectivity index (χ4v) is 0.954. The Balaban J connectivity index is 0.000000424. The molecule has 0 radical (unpaired) electrons. The molecule has 1 rings (SSSR count). The Bertz CT molecular complexity index is 247. The van der Waals surface area contributed by atoms with Gasteiger partial charge in [0.15, 0.2) is 0 Å². The van der Waals surface area contributed by atoms with Crippen molar-refractivity contribution < 1.29 is 15.6 Å². The van der Waals surface area contributed by atoms with E-state index in [4.69, 9.17) is 10.5 Å². The number of hydrogen-bond acceptors (Lipinski definition) is 4. The average Bonchev–Trinajstić information content (AvgIpc) is 2.10. The molecule has 0 unspecified atom stereocenters. The van der Waals surface area contributed by atoms with Crippen LogP contribution in [0.5, 0.6) is 0 Å². The third kappa shape index (κ3) is 3.50. The summed E-state index contributed by atoms with van der Waals surface area (Å²) in [5.41, 5.74) is 5.11. The molecule has 0 saturated heterocycles. The number of aryl methyl sites for hydroxylation is 2. The third-order valence-corrected chi connectivity index (χ3v) is 2.15. The van der Waals surface area contributed by atoms with Crippen LogP contribution in [0.3, 0.4) is 0 Å². The van der Waals surface area contributed by atoms with Crippen LogP contribution in [0, 0.1) is 27.7 Å². The first-order chi connectivity index (χ1) is 6.04. The van der Waals surface area contributed by atoms with Crippen molar-refractivity contribution in [2.75, 3.05) is 0 Å². The lowest BCUT2D eigenvalue weighted by Crippen LogP contribution is -1.92. The van der Waals surface area contributed by atoms with Crippen molar-refractivity contribution >= 4 is 0 Å². The van der Waals surface area contributed by atoms with Gasteiger partial charge < -0.3 is 0 Å². The van der Waals surface area contributed by atoms with Gasteiger partial charge in [0.1, 0.15) is 0 Å². The summed E-state index contributed by atoms with van der Waals surface area (Å²) in [5, 5.41) is 15.5. The molecule has 0 aliphatic rings. The van der Waals surface area contributed by atoms with E-state index >= 15 is 0 Å². The Hall–Kier alpha value is -0.970. The van der Waals surface area contributed by atoms with Gasteiger partial charge in [0.2, 0.25) is 0 Å². The van der Waals surface area contributed by atoms with Crippen molar-refractivity contribution in [2.45, 2.75) is 27.7 Å². The number of pyridine rings is 1. The minimum absolute atomic E-state index is 1.14. The Morgan fingerprint density at radius 2 is 1.54 bits per heavy atom. The summed E-state index contributed by atoms with van der Waals surface area (Å²) in [6.07, 6.45) is 1.93. The SMILES string of the molecule is Cc1cnc(C)c(C)c1C.OOO. The molecule has 4 heteroatoms. The van der Waals surface area contributed by atoms with Crippen LogP contribution in [0.25, 0.3) is 0 Å². The van der Waals surface area contributed by atoms with E-state index in [9.17, 15) is 0 Å². The molecular weight excluding hydrogens is 170 g/mol. The largest absolute Gasteiger partial charge is 0.261 e. The molecule has 0 aliphatic heterocycles. The number of hydrogen-bond donors (Lipinski definition) is 2. The quantitative estimate of drug-likeness (QED) is 0.480. The Labute approximate surface area is 77.7 Å². The second-order valence-corrected chi connectivity index (χ2v) is 2.86. The molecule has 0 atom stereocenters. The molecule has 0 amide bonds. The molecule has 74 valence electrons. The van der Waals surface area contributed by atoms with Gasteiger partial charge in [-0.25, -0.2) is 10.5 Å². The zero-order valence-corrected chi connectivity index (χ0v) is 8.33. The summed E-state index contributed by atoms with van der Waals surface area (Å²) < 4.78 is 0. The van der Waals surface area contributed by atoms with E-state index in [2.05, 4.69) is 30.8 Å². The number of aromatic nitrogens is 1. The number of rotatable bonds is 0. The summed E-state index contributed by atoms with van der Waals surface area (Å²) in [7, 11) is 0. The molecule has 0 saturated carbocycles. The van der Waals surface area contributed by atoms with Crippen molar-refractivity contribution in [3.63, 3.8) is 0 Å². The highest BCUT2D eigenvalue weighted by molar-refractivity contribution is 5.32. The van der Waals surface area contributed by atoms with Crippen molar-refractivity contribution in [3.05, 3.63) is 28.6 Å². The van der Waals surface area contributed by atoms with Crippen LogP contribution in [0.4, 0.5) is 0 Å². The van der Waals surface area contributed by atoms with Crippen LogP contribution in [0.2, 0.25) is 0 Å². The molecule has 0 fully saturated rings. The van der Waals surface area contributed by atoms with E-state index in [1.165, 1.54) is 16.7 Å². The molecule has 2 N–H and O–H groups in total. The lowest BCUT2D eigenvalue weighted by Gasteiger charge is -2.05. The average molecular weight is 185 g/mol. The van der Waals surface area contributed by atoms with Crippen LogP contribution in [0.15, 0.2) is 6.20 Å². The van der Waals surface area contributed by atoms with Gasteiger partial charge in [-0.1, -0.05) is 5.04 Å². The van der Waals surface area contributed by atoms with Gasteiger partial charge in [-0.3, -0.25) is 4.98 Å². The topological polar surface area (TPSA) is 62.6 Å². The van der Waals surface area contributed by atoms with E-state index in [0.29, 0.717) is 0 Å². The minimum atomic E-state index is 1.14. The molecule has 1 aromatic rings. The summed E-state index contributed by atoms with van der Waals surface area (Å²) >= 11 is 0. The highest BCUT2D eigenvalue weighted by Gasteiger charge is 1.98. The fraction of sp³-hybridized carbons (Fsp3) is 0.444. The van der Waals surface area contributed by atoms with E-state index in [1.807, 2.05) is 13.1 Å². The normalized spacial score (nSPS) is 9.08. The summed E-state index contributed by atoms with van der Waals surface area (Å²) in [6.45, 7) is 8.39. The molecular formula is C9H15NO3. The Morgan fingerprint density at radius 1 is 1.08 bits per heavy atom. The molecule has 1 aromatic heterocycles. The zero-order valence-electron chi connectivity index (χ0n) is 8.33. The maximum absolute atomic E-state index is 6.62. The van der Waals surface area contributed by atoms with Crippen LogP contribution >= 0.6 is 0 Å². The number of nitrogens with zero attached hydrogens (tertiary/aromatic N) is 1. The highest BCUT2D eigenvalue weighted by atomic mass is 17.4. The predicted molar refractivity (Wildman–Crippen MR) is 49.5 cm³/mol. The zero-order chi connectivity index (χ0) is 10.4. The fourth-order valence-electron chi connectivity index (χ4n) is 0.954. The lowest BCUT2D eigenvalue weighted by molar-refractivity contribution is -0.465. The van der Waals surface area contributed by atoms with Gasteiger partial charge in [-0.2, -0.15) is 0 Å². The molecule has 1 heterocycles. The summed E-state index contributed by atoms with van der Waals surface area (Å²) in [4.78, 5) is 4.24. The summed E-state index contributed by atoms with van der Waals surface area (Å²) in [5.74, 6) is 0. The Kier molecular flexibility index (Phi) is 5.22. The minimum Gasteiger partial charge on any atom is -0.261 e. The molecule has 0 spiro atoms. The van der Waals surface area contributed by atoms with Gasteiger partial charge >= 0.3 is 0 Å². The van der Waals surface area contributed by atoms with E-state index in [0.717, 1.165) is 5.69 Å². The third-order valence-electron chi connectivity index (χ3n) is 2.15. The van der Waals surface area contributed by atoms with Crippen LogP contribution < -0.4 is 0 Å². The first kappa shape index (κ1) is 12.0. The van der Waals surface area contributed by atoms with Crippen molar-refractivity contribution in [2.24, 2.45) is 0 Å². The molecule has 13 heavy (non-hydrogen) atoms. The van der Waals surface area contributed by atoms with E-state index in [-0.39, 0.29) is 0 Å². The Morgan fingerprint density at radius 3 is 1.92 bits per heavy atom. The van der Waals surface area contributed by atoms with Crippen LogP contribution in [-0.2, 0) is 5.04 Å². The van der Waals surface area contributed by atoms with Gasteiger partial charge in [0.25, 0.3) is 0 Å². The van der Waals surface area contributed by atoms with E-state index in [1.54, 1.807) is 0 Å². The molecule has 0 aliphatic carbocycles. The van der Waals surface area contributed by atoms with Crippen LogP contribution in [-0.4, -0.2) is 15.5 Å². The summed E-state index contributed by atoms with van der Waals surface area (Å²) in [6, 6.07) is 0. The molecule has 0 aromatic carbocycles. The van der Waals surface area contributed by atoms with Gasteiger partial charge in [-0.15, -0.1) is 0 Å². The molecule has 0 bridgehead atoms. The monoisotopic (exact) mass is 185 g/mol. The van der Waals surface area contributed by atoms with Crippen molar-refractivity contribution in [1.29, 1.82) is 0 Å². The van der Waals surface area contributed by atoms with Crippen molar-refractivity contribution in [3.8, 4) is 0 Å². The van der Waals surface area contributed by atoms with Crippen LogP contribution in [0.1, 0.15) is 22.4 Å². The van der Waals surface area contributed by atoms with Gasteiger partial charge in [0.05, 0.1) is 0 Å². The highest BCUT2D eigenvalue weighted by Crippen LogP contribution is 2.12. The maximum atomic E-state index is 6.62. The second-order valence-electron chi connectivity index (χ2n) is 2.86. The van der Waals surface area contributed by atoms with Gasteiger partial charge in [0, 0.05) is 11.9 Å². The predicted octanol–water partition coefficient (Wildman–Crippen LogP) is 2.26. The van der Waals surface area contributed by atoms with Crippen molar-refractivity contribution in [1.82, 2.24) is 4.98 Å². The smallest absolute Gasteiger partial charge is 0.0404 e. The maximum Gasteiger partial charge on any atom is 0.0404 e. The second kappa shape index (κ2) is 5.64. The first-order valence-corrected chi connectivity index (χ1v) is 3.89. The molecule has 4 nitrogen and oxygen atoms in total. The first-order valence-electron chi connectivity index (χ1n) is 3.89. The standard InChI is InChI=1S/C9H13N.H2O3/c1-6-5-10-9(4)8(3)7(6)2;1-3-2/h5H,1-4H3;1-2H.